The number of methoxy groups -OCH3 is 1. The van der Waals surface area contributed by atoms with E-state index in [2.05, 4.69) is 0 Å². The van der Waals surface area contributed by atoms with Gasteiger partial charge < -0.3 is 15.6 Å². The zero-order chi connectivity index (χ0) is 10.0. The standard InChI is InChI=1S/C8H8ClNO3.ClH/c1-13-7-2-4(8(11)12)6(10)3-5(7)9;/h2-3H,10H2,1H3,(H,11,12);1H. The Morgan fingerprint density at radius 2 is 2.14 bits per heavy atom. The first-order valence-corrected chi connectivity index (χ1v) is 3.80. The zero-order valence-electron chi connectivity index (χ0n) is 7.28. The molecule has 0 unspecified atom stereocenters. The van der Waals surface area contributed by atoms with Gasteiger partial charge in [0.05, 0.1) is 17.7 Å². The molecule has 0 heterocycles. The Morgan fingerprint density at radius 1 is 1.57 bits per heavy atom. The number of benzene rings is 1. The highest BCUT2D eigenvalue weighted by molar-refractivity contribution is 6.32. The van der Waals surface area contributed by atoms with Gasteiger partial charge in [0.2, 0.25) is 0 Å². The molecule has 78 valence electrons. The van der Waals surface area contributed by atoms with Crippen LogP contribution in [0.1, 0.15) is 10.4 Å². The van der Waals surface area contributed by atoms with Crippen LogP contribution in [-0.2, 0) is 0 Å². The Kier molecular flexibility index (Phi) is 4.53. The number of nitrogen functional groups attached to an aromatic ring is 1. The molecule has 0 saturated carbocycles. The molecule has 0 amide bonds. The van der Waals surface area contributed by atoms with Crippen molar-refractivity contribution in [1.82, 2.24) is 0 Å². The predicted molar refractivity (Wildman–Crippen MR) is 56.6 cm³/mol. The van der Waals surface area contributed by atoms with Crippen molar-refractivity contribution in [1.29, 1.82) is 0 Å². The number of hydrogen-bond acceptors (Lipinski definition) is 3. The summed E-state index contributed by atoms with van der Waals surface area (Å²) < 4.78 is 4.84. The van der Waals surface area contributed by atoms with E-state index < -0.39 is 5.97 Å². The first-order valence-electron chi connectivity index (χ1n) is 3.42. The SMILES string of the molecule is COc1cc(C(=O)O)c(N)cc1Cl.Cl. The van der Waals surface area contributed by atoms with Gasteiger partial charge in [-0.2, -0.15) is 0 Å². The molecule has 0 radical (unpaired) electrons. The maximum atomic E-state index is 10.6. The summed E-state index contributed by atoms with van der Waals surface area (Å²) in [6, 6.07) is 2.64. The number of anilines is 1. The first kappa shape index (κ1) is 12.9. The number of carboxylic acids is 1. The van der Waals surface area contributed by atoms with Gasteiger partial charge in [0.15, 0.2) is 0 Å². The third kappa shape index (κ3) is 2.43. The summed E-state index contributed by atoms with van der Waals surface area (Å²) in [4.78, 5) is 10.6. The number of hydrogen-bond donors (Lipinski definition) is 2. The highest BCUT2D eigenvalue weighted by Gasteiger charge is 2.12. The van der Waals surface area contributed by atoms with E-state index in [1.807, 2.05) is 0 Å². The van der Waals surface area contributed by atoms with Gasteiger partial charge in [-0.25, -0.2) is 4.79 Å². The van der Waals surface area contributed by atoms with E-state index in [-0.39, 0.29) is 23.7 Å². The Labute approximate surface area is 92.0 Å². The third-order valence-corrected chi connectivity index (χ3v) is 1.85. The van der Waals surface area contributed by atoms with Crippen LogP contribution in [0.15, 0.2) is 12.1 Å². The van der Waals surface area contributed by atoms with Crippen molar-refractivity contribution in [3.05, 3.63) is 22.7 Å². The molecule has 14 heavy (non-hydrogen) atoms. The Hall–Kier alpha value is -1.13. The van der Waals surface area contributed by atoms with E-state index in [0.29, 0.717) is 10.8 Å². The molecule has 0 aliphatic carbocycles. The maximum absolute atomic E-state index is 10.6. The van der Waals surface area contributed by atoms with Crippen molar-refractivity contribution in [2.75, 3.05) is 12.8 Å². The molecule has 0 aliphatic heterocycles. The number of nitrogens with two attached hydrogens (primary N) is 1. The van der Waals surface area contributed by atoms with Crippen LogP contribution < -0.4 is 10.5 Å². The molecular weight excluding hydrogens is 229 g/mol. The van der Waals surface area contributed by atoms with E-state index in [4.69, 9.17) is 27.2 Å². The molecule has 0 saturated heterocycles. The fourth-order valence-electron chi connectivity index (χ4n) is 0.910. The molecule has 1 rings (SSSR count). The van der Waals surface area contributed by atoms with Gasteiger partial charge in [-0.15, -0.1) is 12.4 Å². The topological polar surface area (TPSA) is 72.5 Å². The van der Waals surface area contributed by atoms with E-state index in [1.54, 1.807) is 0 Å². The summed E-state index contributed by atoms with van der Waals surface area (Å²) in [5.41, 5.74) is 5.54. The second-order valence-corrected chi connectivity index (χ2v) is 2.79. The van der Waals surface area contributed by atoms with E-state index in [1.165, 1.54) is 19.2 Å². The summed E-state index contributed by atoms with van der Waals surface area (Å²) in [6.45, 7) is 0. The summed E-state index contributed by atoms with van der Waals surface area (Å²) >= 11 is 5.71. The van der Waals surface area contributed by atoms with Gasteiger partial charge in [0.25, 0.3) is 0 Å². The van der Waals surface area contributed by atoms with E-state index >= 15 is 0 Å². The summed E-state index contributed by atoms with van der Waals surface area (Å²) in [6.07, 6.45) is 0. The van der Waals surface area contributed by atoms with Gasteiger partial charge >= 0.3 is 5.97 Å². The normalized spacial score (nSPS) is 9.00. The molecule has 0 atom stereocenters. The molecule has 3 N–H and O–H groups in total. The van der Waals surface area contributed by atoms with Crippen LogP contribution in [0, 0.1) is 0 Å². The first-order chi connectivity index (χ1) is 6.06. The molecule has 0 fully saturated rings. The fourth-order valence-corrected chi connectivity index (χ4v) is 1.16. The number of rotatable bonds is 2. The van der Waals surface area contributed by atoms with Gasteiger partial charge in [-0.3, -0.25) is 0 Å². The molecule has 0 spiro atoms. The molecular formula is C8H9Cl2NO3. The summed E-state index contributed by atoms with van der Waals surface area (Å²) in [7, 11) is 1.41. The average molecular weight is 238 g/mol. The fraction of sp³-hybridized carbons (Fsp3) is 0.125. The van der Waals surface area contributed by atoms with Crippen molar-refractivity contribution < 1.29 is 14.6 Å². The van der Waals surface area contributed by atoms with E-state index in [0.717, 1.165) is 0 Å². The predicted octanol–water partition coefficient (Wildman–Crippen LogP) is 2.05. The molecule has 1 aromatic rings. The molecule has 0 bridgehead atoms. The quantitative estimate of drug-likeness (QED) is 0.773. The van der Waals surface area contributed by atoms with Crippen molar-refractivity contribution >= 4 is 35.7 Å². The smallest absolute Gasteiger partial charge is 0.337 e. The van der Waals surface area contributed by atoms with Crippen molar-refractivity contribution in [2.45, 2.75) is 0 Å². The van der Waals surface area contributed by atoms with Crippen molar-refractivity contribution in [3.8, 4) is 5.75 Å². The third-order valence-electron chi connectivity index (χ3n) is 1.55. The van der Waals surface area contributed by atoms with Gasteiger partial charge in [0.1, 0.15) is 5.75 Å². The summed E-state index contributed by atoms with van der Waals surface area (Å²) in [5.74, 6) is -0.805. The minimum absolute atomic E-state index is 0. The van der Waals surface area contributed by atoms with E-state index in [9.17, 15) is 4.79 Å². The minimum atomic E-state index is -1.10. The number of carboxylic acid groups (broad SMARTS) is 1. The lowest BCUT2D eigenvalue weighted by Gasteiger charge is -2.06. The van der Waals surface area contributed by atoms with Crippen molar-refractivity contribution in [3.63, 3.8) is 0 Å². The van der Waals surface area contributed by atoms with Crippen LogP contribution in [0.2, 0.25) is 5.02 Å². The van der Waals surface area contributed by atoms with Gasteiger partial charge in [-0.1, -0.05) is 11.6 Å². The van der Waals surface area contributed by atoms with Crippen LogP contribution in [0.3, 0.4) is 0 Å². The van der Waals surface area contributed by atoms with Crippen LogP contribution in [0.4, 0.5) is 5.69 Å². The van der Waals surface area contributed by atoms with Crippen LogP contribution >= 0.6 is 24.0 Å². The molecule has 1 aromatic carbocycles. The highest BCUT2D eigenvalue weighted by Crippen LogP contribution is 2.29. The summed E-state index contributed by atoms with van der Waals surface area (Å²) in [5, 5.41) is 8.99. The Balaban J connectivity index is 0.00000169. The van der Waals surface area contributed by atoms with Crippen LogP contribution in [0.5, 0.6) is 5.75 Å². The molecule has 0 aromatic heterocycles. The zero-order valence-corrected chi connectivity index (χ0v) is 8.85. The number of halogens is 2. The second kappa shape index (κ2) is 4.93. The average Bonchev–Trinajstić information content (AvgIpc) is 2.03. The second-order valence-electron chi connectivity index (χ2n) is 2.38. The van der Waals surface area contributed by atoms with Gasteiger partial charge in [0, 0.05) is 5.69 Å². The number of carbonyl (C=O) groups is 1. The highest BCUT2D eigenvalue weighted by atomic mass is 35.5. The molecule has 6 heteroatoms. The lowest BCUT2D eigenvalue weighted by atomic mass is 10.2. The Morgan fingerprint density at radius 3 is 2.57 bits per heavy atom. The monoisotopic (exact) mass is 237 g/mol. The largest absolute Gasteiger partial charge is 0.495 e. The minimum Gasteiger partial charge on any atom is -0.495 e. The lowest BCUT2D eigenvalue weighted by Crippen LogP contribution is -2.03. The molecule has 4 nitrogen and oxygen atoms in total. The van der Waals surface area contributed by atoms with Crippen molar-refractivity contribution in [2.24, 2.45) is 0 Å². The number of aromatic carboxylic acids is 1. The Bertz CT molecular complexity index is 355. The molecule has 0 aliphatic rings. The lowest BCUT2D eigenvalue weighted by molar-refractivity contribution is 0.0697. The van der Waals surface area contributed by atoms with Crippen LogP contribution in [0.25, 0.3) is 0 Å². The van der Waals surface area contributed by atoms with Gasteiger partial charge in [-0.05, 0) is 12.1 Å². The maximum Gasteiger partial charge on any atom is 0.337 e. The van der Waals surface area contributed by atoms with Crippen LogP contribution in [-0.4, -0.2) is 18.2 Å². The number of ether oxygens (including phenoxy) is 1.